The Kier molecular flexibility index (Phi) is 2.96. The first kappa shape index (κ1) is 12.8. The largest absolute Gasteiger partial charge is 0.327 e. The maximum atomic E-state index is 12.6. The number of anilines is 1. The van der Waals surface area contributed by atoms with Crippen molar-refractivity contribution < 1.29 is 4.79 Å². The van der Waals surface area contributed by atoms with Gasteiger partial charge in [0.2, 0.25) is 5.91 Å². The van der Waals surface area contributed by atoms with E-state index in [1.165, 1.54) is 11.8 Å². The molecule has 0 aromatic heterocycles. The molecule has 108 valence electrons. The van der Waals surface area contributed by atoms with Crippen molar-refractivity contribution >= 4 is 22.4 Å². The fourth-order valence-electron chi connectivity index (χ4n) is 4.22. The smallest absolute Gasteiger partial charge is 0.229 e. The maximum Gasteiger partial charge on any atom is 0.229 e. The van der Waals surface area contributed by atoms with Gasteiger partial charge >= 0.3 is 0 Å². The number of rotatable bonds is 2. The van der Waals surface area contributed by atoms with Crippen LogP contribution in [0.4, 0.5) is 5.69 Å². The first-order valence-electron chi connectivity index (χ1n) is 7.77. The van der Waals surface area contributed by atoms with Gasteiger partial charge in [-0.1, -0.05) is 30.3 Å². The van der Waals surface area contributed by atoms with Crippen LogP contribution in [-0.4, -0.2) is 11.9 Å². The average Bonchev–Trinajstić information content (AvgIpc) is 3.08. The topological polar surface area (TPSA) is 55.1 Å². The van der Waals surface area contributed by atoms with Crippen LogP contribution in [0.2, 0.25) is 0 Å². The lowest BCUT2D eigenvalue weighted by atomic mass is 9.84. The zero-order valence-corrected chi connectivity index (χ0v) is 12.0. The number of fused-ring (bicyclic) bond motifs is 3. The Morgan fingerprint density at radius 1 is 1.05 bits per heavy atom. The molecule has 4 atom stereocenters. The minimum atomic E-state index is -0.00443. The predicted molar refractivity (Wildman–Crippen MR) is 84.9 cm³/mol. The Balaban J connectivity index is 1.55. The third-order valence-corrected chi connectivity index (χ3v) is 5.30. The number of hydrogen-bond acceptors (Lipinski definition) is 2. The molecular weight excluding hydrogens is 260 g/mol. The molecule has 2 fully saturated rings. The van der Waals surface area contributed by atoms with E-state index in [0.29, 0.717) is 11.8 Å². The van der Waals surface area contributed by atoms with Gasteiger partial charge in [0.15, 0.2) is 0 Å². The number of amides is 1. The molecule has 2 aromatic carbocycles. The van der Waals surface area contributed by atoms with E-state index in [1.54, 1.807) is 0 Å². The zero-order chi connectivity index (χ0) is 14.4. The molecule has 3 heteroatoms. The van der Waals surface area contributed by atoms with Crippen LogP contribution in [0, 0.1) is 17.8 Å². The molecule has 2 aromatic rings. The second kappa shape index (κ2) is 4.85. The summed E-state index contributed by atoms with van der Waals surface area (Å²) in [5, 5.41) is 5.41. The second-order valence-electron chi connectivity index (χ2n) is 6.49. The number of nitrogens with one attached hydrogen (secondary N) is 1. The molecule has 0 aliphatic heterocycles. The molecule has 21 heavy (non-hydrogen) atoms. The standard InChI is InChI=1S/C18H20N2O/c19-17-14-6-5-13(9-14)16(17)18(21)20-15-8-7-11-3-1-2-4-12(11)10-15/h1-4,7-8,10,13-14,16-17H,5-6,9,19H2,(H,20,21). The van der Waals surface area contributed by atoms with E-state index in [0.717, 1.165) is 23.9 Å². The van der Waals surface area contributed by atoms with E-state index >= 15 is 0 Å². The van der Waals surface area contributed by atoms with Crippen molar-refractivity contribution in [3.8, 4) is 0 Å². The van der Waals surface area contributed by atoms with Gasteiger partial charge in [0.1, 0.15) is 0 Å². The van der Waals surface area contributed by atoms with Crippen molar-refractivity contribution in [1.29, 1.82) is 0 Å². The van der Waals surface area contributed by atoms with Crippen molar-refractivity contribution in [2.75, 3.05) is 5.32 Å². The predicted octanol–water partition coefficient (Wildman–Crippen LogP) is 3.15. The highest BCUT2D eigenvalue weighted by Crippen LogP contribution is 2.47. The van der Waals surface area contributed by atoms with E-state index < -0.39 is 0 Å². The third-order valence-electron chi connectivity index (χ3n) is 5.30. The Morgan fingerprint density at radius 3 is 2.57 bits per heavy atom. The van der Waals surface area contributed by atoms with Crippen LogP contribution in [0.5, 0.6) is 0 Å². The molecule has 3 N–H and O–H groups in total. The highest BCUT2D eigenvalue weighted by molar-refractivity contribution is 5.96. The molecule has 0 spiro atoms. The molecule has 0 saturated heterocycles. The molecule has 1 amide bonds. The summed E-state index contributed by atoms with van der Waals surface area (Å²) in [6, 6.07) is 14.3. The second-order valence-corrected chi connectivity index (χ2v) is 6.49. The van der Waals surface area contributed by atoms with E-state index in [9.17, 15) is 4.79 Å². The monoisotopic (exact) mass is 280 g/mol. The van der Waals surface area contributed by atoms with Crippen LogP contribution in [0.1, 0.15) is 19.3 Å². The van der Waals surface area contributed by atoms with Gasteiger partial charge in [0, 0.05) is 11.7 Å². The summed E-state index contributed by atoms with van der Waals surface area (Å²) in [7, 11) is 0. The minimum absolute atomic E-state index is 0.00443. The van der Waals surface area contributed by atoms with E-state index in [-0.39, 0.29) is 17.9 Å². The van der Waals surface area contributed by atoms with Gasteiger partial charge in [-0.15, -0.1) is 0 Å². The van der Waals surface area contributed by atoms with Crippen molar-refractivity contribution in [3.63, 3.8) is 0 Å². The quantitative estimate of drug-likeness (QED) is 0.888. The van der Waals surface area contributed by atoms with Crippen molar-refractivity contribution in [2.24, 2.45) is 23.5 Å². The summed E-state index contributed by atoms with van der Waals surface area (Å²) in [4.78, 5) is 12.6. The highest BCUT2D eigenvalue weighted by atomic mass is 16.2. The molecule has 2 aliphatic rings. The molecule has 4 unspecified atom stereocenters. The molecular formula is C18H20N2O. The lowest BCUT2D eigenvalue weighted by Crippen LogP contribution is -2.42. The van der Waals surface area contributed by atoms with E-state index in [4.69, 9.17) is 5.73 Å². The maximum absolute atomic E-state index is 12.6. The number of nitrogens with two attached hydrogens (primary N) is 1. The SMILES string of the molecule is NC1C2CCC(C2)C1C(=O)Nc1ccc2ccccc2c1. The van der Waals surface area contributed by atoms with Gasteiger partial charge in [0.05, 0.1) is 5.92 Å². The van der Waals surface area contributed by atoms with Gasteiger partial charge < -0.3 is 11.1 Å². The molecule has 4 rings (SSSR count). The van der Waals surface area contributed by atoms with Gasteiger partial charge in [-0.05, 0) is 54.0 Å². The Hall–Kier alpha value is -1.87. The fraction of sp³-hybridized carbons (Fsp3) is 0.389. The average molecular weight is 280 g/mol. The van der Waals surface area contributed by atoms with Crippen molar-refractivity contribution in [1.82, 2.24) is 0 Å². The van der Waals surface area contributed by atoms with Gasteiger partial charge in [-0.3, -0.25) is 4.79 Å². The van der Waals surface area contributed by atoms with Crippen molar-refractivity contribution in [2.45, 2.75) is 25.3 Å². The van der Waals surface area contributed by atoms with E-state index in [1.807, 2.05) is 30.3 Å². The van der Waals surface area contributed by atoms with Crippen molar-refractivity contribution in [3.05, 3.63) is 42.5 Å². The first-order valence-corrected chi connectivity index (χ1v) is 7.77. The molecule has 2 saturated carbocycles. The number of carbonyl (C=O) groups excluding carboxylic acids is 1. The molecule has 0 heterocycles. The fourth-order valence-corrected chi connectivity index (χ4v) is 4.22. The van der Waals surface area contributed by atoms with Gasteiger partial charge in [-0.25, -0.2) is 0 Å². The first-order chi connectivity index (χ1) is 10.2. The summed E-state index contributed by atoms with van der Waals surface area (Å²) in [6.45, 7) is 0. The Labute approximate surface area is 124 Å². The number of carbonyl (C=O) groups is 1. The summed E-state index contributed by atoms with van der Waals surface area (Å²) in [5.41, 5.74) is 7.12. The summed E-state index contributed by atoms with van der Waals surface area (Å²) < 4.78 is 0. The Bertz CT molecular complexity index is 694. The molecule has 2 aliphatic carbocycles. The van der Waals surface area contributed by atoms with Crippen LogP contribution in [-0.2, 0) is 4.79 Å². The lowest BCUT2D eigenvalue weighted by molar-refractivity contribution is -0.121. The Morgan fingerprint density at radius 2 is 1.81 bits per heavy atom. The zero-order valence-electron chi connectivity index (χ0n) is 12.0. The van der Waals surface area contributed by atoms with Crippen LogP contribution in [0.15, 0.2) is 42.5 Å². The molecule has 3 nitrogen and oxygen atoms in total. The van der Waals surface area contributed by atoms with Crippen LogP contribution in [0.25, 0.3) is 10.8 Å². The normalized spacial score (nSPS) is 30.7. The summed E-state index contributed by atoms with van der Waals surface area (Å²) in [6.07, 6.45) is 3.50. The van der Waals surface area contributed by atoms with Crippen LogP contribution >= 0.6 is 0 Å². The van der Waals surface area contributed by atoms with Gasteiger partial charge in [0.25, 0.3) is 0 Å². The summed E-state index contributed by atoms with van der Waals surface area (Å²) >= 11 is 0. The highest BCUT2D eigenvalue weighted by Gasteiger charge is 2.49. The lowest BCUT2D eigenvalue weighted by Gasteiger charge is -2.27. The van der Waals surface area contributed by atoms with Gasteiger partial charge in [-0.2, -0.15) is 0 Å². The number of benzene rings is 2. The third kappa shape index (κ3) is 2.12. The number of hydrogen-bond donors (Lipinski definition) is 2. The molecule has 0 radical (unpaired) electrons. The molecule has 2 bridgehead atoms. The van der Waals surface area contributed by atoms with Crippen LogP contribution < -0.4 is 11.1 Å². The summed E-state index contributed by atoms with van der Waals surface area (Å²) in [5.74, 6) is 1.15. The van der Waals surface area contributed by atoms with E-state index in [2.05, 4.69) is 17.4 Å². The minimum Gasteiger partial charge on any atom is -0.327 e. The van der Waals surface area contributed by atoms with Crippen LogP contribution in [0.3, 0.4) is 0 Å².